The molecule has 0 bridgehead atoms. The lowest BCUT2D eigenvalue weighted by atomic mass is 10.1. The van der Waals surface area contributed by atoms with Crippen LogP contribution < -0.4 is 9.47 Å². The number of nitro groups is 1. The molecule has 0 saturated carbocycles. The van der Waals surface area contributed by atoms with Gasteiger partial charge in [0.1, 0.15) is 25.2 Å². The molecule has 0 radical (unpaired) electrons. The minimum absolute atomic E-state index is 0.146. The molecular weight excluding hydrogens is 272 g/mol. The fourth-order valence-corrected chi connectivity index (χ4v) is 1.95. The van der Waals surface area contributed by atoms with E-state index in [1.807, 2.05) is 32.0 Å². The van der Waals surface area contributed by atoms with Crippen molar-refractivity contribution >= 4 is 5.82 Å². The van der Waals surface area contributed by atoms with Crippen molar-refractivity contribution in [2.24, 2.45) is 0 Å². The fourth-order valence-electron chi connectivity index (χ4n) is 1.95. The first-order valence-electron chi connectivity index (χ1n) is 6.51. The molecule has 0 amide bonds. The van der Waals surface area contributed by atoms with Crippen LogP contribution in [0.3, 0.4) is 0 Å². The zero-order valence-corrected chi connectivity index (χ0v) is 11.9. The van der Waals surface area contributed by atoms with E-state index < -0.39 is 4.92 Å². The third kappa shape index (κ3) is 3.68. The number of pyridine rings is 1. The molecule has 1 aromatic carbocycles. The maximum Gasteiger partial charge on any atom is 0.406 e. The minimum atomic E-state index is -0.568. The van der Waals surface area contributed by atoms with E-state index >= 15 is 0 Å². The van der Waals surface area contributed by atoms with E-state index in [2.05, 4.69) is 4.98 Å². The average Bonchev–Trinajstić information content (AvgIpc) is 2.46. The molecule has 6 nitrogen and oxygen atoms in total. The molecule has 1 heterocycles. The molecule has 0 fully saturated rings. The Labute approximate surface area is 122 Å². The Balaban J connectivity index is 1.92. The lowest BCUT2D eigenvalue weighted by molar-refractivity contribution is -0.390. The molecule has 0 aliphatic rings. The number of para-hydroxylation sites is 1. The Hall–Kier alpha value is -2.63. The molecule has 0 spiro atoms. The second-order valence-electron chi connectivity index (χ2n) is 4.50. The summed E-state index contributed by atoms with van der Waals surface area (Å²) < 4.78 is 11.0. The predicted molar refractivity (Wildman–Crippen MR) is 77.8 cm³/mol. The van der Waals surface area contributed by atoms with Crippen LogP contribution in [0.2, 0.25) is 0 Å². The van der Waals surface area contributed by atoms with Crippen LogP contribution in [0.1, 0.15) is 11.1 Å². The van der Waals surface area contributed by atoms with E-state index in [4.69, 9.17) is 9.47 Å². The molecule has 0 N–H and O–H groups in total. The van der Waals surface area contributed by atoms with Crippen molar-refractivity contribution in [3.05, 3.63) is 57.8 Å². The third-order valence-corrected chi connectivity index (χ3v) is 2.92. The van der Waals surface area contributed by atoms with Crippen molar-refractivity contribution in [1.29, 1.82) is 0 Å². The number of ether oxygens (including phenoxy) is 2. The summed E-state index contributed by atoms with van der Waals surface area (Å²) in [6, 6.07) is 9.01. The normalized spacial score (nSPS) is 10.2. The van der Waals surface area contributed by atoms with Gasteiger partial charge in [-0.15, -0.1) is 0 Å². The number of nitrogens with zero attached hydrogens (tertiary/aromatic N) is 2. The molecule has 0 saturated heterocycles. The molecule has 0 aliphatic heterocycles. The van der Waals surface area contributed by atoms with E-state index in [1.165, 1.54) is 12.3 Å². The molecule has 0 aliphatic carbocycles. The van der Waals surface area contributed by atoms with E-state index in [0.29, 0.717) is 6.61 Å². The molecule has 0 atom stereocenters. The summed E-state index contributed by atoms with van der Waals surface area (Å²) in [6.07, 6.45) is 1.36. The van der Waals surface area contributed by atoms with Crippen LogP contribution >= 0.6 is 0 Å². The summed E-state index contributed by atoms with van der Waals surface area (Å²) in [5, 5.41) is 10.8. The molecule has 6 heteroatoms. The Morgan fingerprint density at radius 3 is 2.43 bits per heavy atom. The number of rotatable bonds is 6. The van der Waals surface area contributed by atoms with Crippen LogP contribution in [0, 0.1) is 24.0 Å². The first-order chi connectivity index (χ1) is 10.1. The van der Waals surface area contributed by atoms with Gasteiger partial charge in [-0.1, -0.05) is 18.2 Å². The highest BCUT2D eigenvalue weighted by molar-refractivity contribution is 5.40. The quantitative estimate of drug-likeness (QED) is 0.464. The first kappa shape index (κ1) is 14.8. The second kappa shape index (κ2) is 6.69. The monoisotopic (exact) mass is 288 g/mol. The summed E-state index contributed by atoms with van der Waals surface area (Å²) in [7, 11) is 0. The van der Waals surface area contributed by atoms with Gasteiger partial charge in [0.15, 0.2) is 0 Å². The summed E-state index contributed by atoms with van der Waals surface area (Å²) >= 11 is 0. The zero-order chi connectivity index (χ0) is 15.2. The van der Waals surface area contributed by atoms with Crippen molar-refractivity contribution in [1.82, 2.24) is 4.98 Å². The molecule has 1 aromatic heterocycles. The summed E-state index contributed by atoms with van der Waals surface area (Å²) in [5.41, 5.74) is 2.09. The number of aromatic nitrogens is 1. The Bertz CT molecular complexity index is 623. The van der Waals surface area contributed by atoms with E-state index in [0.717, 1.165) is 16.9 Å². The molecule has 0 unspecified atom stereocenters. The zero-order valence-electron chi connectivity index (χ0n) is 11.9. The smallest absolute Gasteiger partial charge is 0.406 e. The van der Waals surface area contributed by atoms with Crippen molar-refractivity contribution in [3.8, 4) is 11.5 Å². The fraction of sp³-hybridized carbons (Fsp3) is 0.267. The van der Waals surface area contributed by atoms with Crippen LogP contribution in [0.15, 0.2) is 36.5 Å². The number of benzene rings is 1. The molecular formula is C15H16N2O4. The van der Waals surface area contributed by atoms with Gasteiger partial charge >= 0.3 is 5.82 Å². The summed E-state index contributed by atoms with van der Waals surface area (Å²) in [6.45, 7) is 4.45. The van der Waals surface area contributed by atoms with Crippen LogP contribution in [0.5, 0.6) is 11.5 Å². The van der Waals surface area contributed by atoms with Gasteiger partial charge in [0.25, 0.3) is 0 Å². The van der Waals surface area contributed by atoms with Gasteiger partial charge in [0.05, 0.1) is 0 Å². The Morgan fingerprint density at radius 2 is 1.76 bits per heavy atom. The van der Waals surface area contributed by atoms with Gasteiger partial charge < -0.3 is 19.6 Å². The van der Waals surface area contributed by atoms with Gasteiger partial charge in [-0.2, -0.15) is 0 Å². The van der Waals surface area contributed by atoms with Crippen LogP contribution in [0.25, 0.3) is 0 Å². The maximum atomic E-state index is 10.8. The van der Waals surface area contributed by atoms with Gasteiger partial charge in [-0.25, -0.2) is 0 Å². The topological polar surface area (TPSA) is 74.5 Å². The summed E-state index contributed by atoms with van der Waals surface area (Å²) in [5.74, 6) is 0.680. The summed E-state index contributed by atoms with van der Waals surface area (Å²) in [4.78, 5) is 13.9. The molecule has 2 rings (SSSR count). The molecule has 110 valence electrons. The van der Waals surface area contributed by atoms with Crippen molar-refractivity contribution in [2.45, 2.75) is 13.8 Å². The van der Waals surface area contributed by atoms with Crippen LogP contribution in [0.4, 0.5) is 5.82 Å². The Morgan fingerprint density at radius 1 is 1.10 bits per heavy atom. The predicted octanol–water partition coefficient (Wildman–Crippen LogP) is 3.06. The van der Waals surface area contributed by atoms with Crippen molar-refractivity contribution in [3.63, 3.8) is 0 Å². The van der Waals surface area contributed by atoms with Crippen LogP contribution in [-0.2, 0) is 0 Å². The van der Waals surface area contributed by atoms with Gasteiger partial charge in [0.2, 0.25) is 5.75 Å². The standard InChI is InChI=1S/C15H16N2O4/c1-11-5-3-6-12(2)14(11)21-10-9-20-13-7-4-8-16-15(13)17(18)19/h3-8H,9-10H2,1-2H3. The maximum absolute atomic E-state index is 10.8. The number of hydrogen-bond acceptors (Lipinski definition) is 5. The van der Waals surface area contributed by atoms with E-state index in [1.54, 1.807) is 6.07 Å². The van der Waals surface area contributed by atoms with Crippen molar-refractivity contribution < 1.29 is 14.4 Å². The third-order valence-electron chi connectivity index (χ3n) is 2.92. The highest BCUT2D eigenvalue weighted by Gasteiger charge is 2.15. The van der Waals surface area contributed by atoms with E-state index in [9.17, 15) is 10.1 Å². The second-order valence-corrected chi connectivity index (χ2v) is 4.50. The van der Waals surface area contributed by atoms with Gasteiger partial charge in [0, 0.05) is 0 Å². The van der Waals surface area contributed by atoms with Crippen molar-refractivity contribution in [2.75, 3.05) is 13.2 Å². The first-order valence-corrected chi connectivity index (χ1v) is 6.51. The highest BCUT2D eigenvalue weighted by Crippen LogP contribution is 2.24. The van der Waals surface area contributed by atoms with Gasteiger partial charge in [-0.05, 0) is 47.0 Å². The minimum Gasteiger partial charge on any atom is -0.489 e. The number of aryl methyl sites for hydroxylation is 2. The molecule has 21 heavy (non-hydrogen) atoms. The lowest BCUT2D eigenvalue weighted by Crippen LogP contribution is -2.11. The average molecular weight is 288 g/mol. The Kier molecular flexibility index (Phi) is 4.71. The van der Waals surface area contributed by atoms with Gasteiger partial charge in [-0.3, -0.25) is 0 Å². The van der Waals surface area contributed by atoms with E-state index in [-0.39, 0.29) is 18.2 Å². The molecule has 2 aromatic rings. The SMILES string of the molecule is Cc1cccc(C)c1OCCOc1cccnc1[N+](=O)[O-]. The lowest BCUT2D eigenvalue weighted by Gasteiger charge is -2.12. The largest absolute Gasteiger partial charge is 0.489 e. The highest BCUT2D eigenvalue weighted by atomic mass is 16.6. The van der Waals surface area contributed by atoms with Crippen LogP contribution in [-0.4, -0.2) is 23.1 Å². The number of hydrogen-bond donors (Lipinski definition) is 0.